The predicted molar refractivity (Wildman–Crippen MR) is 265 cm³/mol. The van der Waals surface area contributed by atoms with Crippen molar-refractivity contribution in [2.75, 3.05) is 65.7 Å². The first-order valence-corrected chi connectivity index (χ1v) is 27.5. The first-order chi connectivity index (χ1) is 30.5. The number of unbranched alkanes of at least 4 members (excludes halogenated alkanes) is 25. The van der Waals surface area contributed by atoms with Crippen molar-refractivity contribution >= 4 is 11.9 Å². The van der Waals surface area contributed by atoms with E-state index in [0.29, 0.717) is 13.2 Å². The predicted octanol–water partition coefficient (Wildman–Crippen LogP) is 14.0. The van der Waals surface area contributed by atoms with Gasteiger partial charge >= 0.3 is 11.9 Å². The molecule has 0 aliphatic rings. The van der Waals surface area contributed by atoms with E-state index < -0.39 is 0 Å². The summed E-state index contributed by atoms with van der Waals surface area (Å²) in [5.41, 5.74) is 0. The number of aliphatic hydroxyl groups is 2. The summed E-state index contributed by atoms with van der Waals surface area (Å²) in [5, 5.41) is 19.4. The average molecular weight is 881 g/mol. The van der Waals surface area contributed by atoms with Gasteiger partial charge in [-0.05, 0) is 90.4 Å². The summed E-state index contributed by atoms with van der Waals surface area (Å²) in [7, 11) is 0. The van der Waals surface area contributed by atoms with E-state index in [-0.39, 0.29) is 37.0 Å². The highest BCUT2D eigenvalue weighted by molar-refractivity contribution is 5.72. The minimum atomic E-state index is 0.0480. The van der Waals surface area contributed by atoms with Crippen molar-refractivity contribution in [1.29, 1.82) is 0 Å². The lowest BCUT2D eigenvalue weighted by atomic mass is 9.94. The van der Waals surface area contributed by atoms with Crippen molar-refractivity contribution in [1.82, 2.24) is 9.80 Å². The minimum absolute atomic E-state index is 0.0480. The SMILES string of the molecule is CCCCCCCCC(CCCCCC)C(=O)OCCCCCCCN(CCO)CCCCN(CCO)CCCCCCCOC(=O)C(CCCCCC)CCCCCCCC. The molecule has 8 nitrogen and oxygen atoms in total. The Balaban J connectivity index is 4.22. The lowest BCUT2D eigenvalue weighted by Crippen LogP contribution is -2.31. The Morgan fingerprint density at radius 3 is 0.887 bits per heavy atom. The maximum absolute atomic E-state index is 13.0. The van der Waals surface area contributed by atoms with E-state index in [0.717, 1.165) is 155 Å². The fourth-order valence-corrected chi connectivity index (χ4v) is 8.88. The quantitative estimate of drug-likeness (QED) is 0.0460. The van der Waals surface area contributed by atoms with Gasteiger partial charge in [-0.2, -0.15) is 0 Å². The van der Waals surface area contributed by atoms with Gasteiger partial charge in [0, 0.05) is 13.1 Å². The molecule has 0 rings (SSSR count). The molecule has 0 aromatic rings. The molecule has 0 aromatic carbocycles. The highest BCUT2D eigenvalue weighted by atomic mass is 16.5. The second kappa shape index (κ2) is 49.2. The number of hydrogen-bond donors (Lipinski definition) is 2. The van der Waals surface area contributed by atoms with Crippen LogP contribution in [0.15, 0.2) is 0 Å². The highest BCUT2D eigenvalue weighted by Gasteiger charge is 2.20. The van der Waals surface area contributed by atoms with Gasteiger partial charge in [-0.25, -0.2) is 0 Å². The molecule has 0 amide bonds. The first kappa shape index (κ1) is 60.8. The van der Waals surface area contributed by atoms with Crippen molar-refractivity contribution in [3.8, 4) is 0 Å². The molecule has 2 unspecified atom stereocenters. The van der Waals surface area contributed by atoms with E-state index in [4.69, 9.17) is 9.47 Å². The number of hydrogen-bond acceptors (Lipinski definition) is 8. The van der Waals surface area contributed by atoms with E-state index >= 15 is 0 Å². The monoisotopic (exact) mass is 881 g/mol. The summed E-state index contributed by atoms with van der Waals surface area (Å²) in [6.07, 6.45) is 42.0. The Labute approximate surface area is 386 Å². The smallest absolute Gasteiger partial charge is 0.308 e. The summed E-state index contributed by atoms with van der Waals surface area (Å²) < 4.78 is 11.6. The number of nitrogens with zero attached hydrogens (tertiary/aromatic N) is 2. The molecule has 8 heteroatoms. The number of aliphatic hydroxyl groups excluding tert-OH is 2. The van der Waals surface area contributed by atoms with Gasteiger partial charge in [-0.1, -0.05) is 195 Å². The Kier molecular flexibility index (Phi) is 48.3. The standard InChI is InChI=1S/C54H108N2O6/c1-5-9-13-17-21-29-39-51(37-27-15-11-7-3)53(59)61-49-35-25-19-23-31-41-55(45-47-57)43-33-34-44-56(46-48-58)42-32-24-20-26-36-50-62-54(60)52(38-28-16-12-8-4)40-30-22-18-14-10-6-2/h51-52,57-58H,5-50H2,1-4H3. The zero-order chi connectivity index (χ0) is 45.4. The molecule has 370 valence electrons. The third-order valence-electron chi connectivity index (χ3n) is 13.0. The van der Waals surface area contributed by atoms with Crippen LogP contribution in [-0.4, -0.2) is 97.6 Å². The fourth-order valence-electron chi connectivity index (χ4n) is 8.88. The van der Waals surface area contributed by atoms with Crippen molar-refractivity contribution in [3.05, 3.63) is 0 Å². The van der Waals surface area contributed by atoms with Crippen molar-refractivity contribution in [2.45, 2.75) is 259 Å². The van der Waals surface area contributed by atoms with Gasteiger partial charge in [0.2, 0.25) is 0 Å². The normalized spacial score (nSPS) is 12.7. The van der Waals surface area contributed by atoms with Crippen molar-refractivity contribution in [3.63, 3.8) is 0 Å². The zero-order valence-electron chi connectivity index (χ0n) is 42.1. The lowest BCUT2D eigenvalue weighted by molar-refractivity contribution is -0.150. The number of ether oxygens (including phenoxy) is 2. The summed E-state index contributed by atoms with van der Waals surface area (Å²) in [5.74, 6) is 0.267. The maximum Gasteiger partial charge on any atom is 0.308 e. The fraction of sp³-hybridized carbons (Fsp3) is 0.963. The van der Waals surface area contributed by atoms with Gasteiger partial charge in [-0.3, -0.25) is 9.59 Å². The number of carbonyl (C=O) groups excluding carboxylic acids is 2. The van der Waals surface area contributed by atoms with E-state index in [2.05, 4.69) is 37.5 Å². The lowest BCUT2D eigenvalue weighted by Gasteiger charge is -2.24. The van der Waals surface area contributed by atoms with Crippen LogP contribution < -0.4 is 0 Å². The Bertz CT molecular complexity index is 849. The molecule has 0 saturated carbocycles. The molecule has 2 N–H and O–H groups in total. The number of esters is 2. The van der Waals surface area contributed by atoms with Gasteiger partial charge in [0.1, 0.15) is 0 Å². The van der Waals surface area contributed by atoms with E-state index in [1.165, 1.54) is 116 Å². The summed E-state index contributed by atoms with van der Waals surface area (Å²) >= 11 is 0. The van der Waals surface area contributed by atoms with Crippen LogP contribution >= 0.6 is 0 Å². The van der Waals surface area contributed by atoms with Gasteiger partial charge < -0.3 is 29.5 Å². The summed E-state index contributed by atoms with van der Waals surface area (Å²) in [6, 6.07) is 0. The third kappa shape index (κ3) is 40.3. The van der Waals surface area contributed by atoms with Crippen LogP contribution in [-0.2, 0) is 19.1 Å². The highest BCUT2D eigenvalue weighted by Crippen LogP contribution is 2.22. The van der Waals surface area contributed by atoms with Gasteiger partial charge in [0.25, 0.3) is 0 Å². The first-order valence-electron chi connectivity index (χ1n) is 27.5. The largest absolute Gasteiger partial charge is 0.465 e. The van der Waals surface area contributed by atoms with Gasteiger partial charge in [-0.15, -0.1) is 0 Å². The molecule has 0 saturated heterocycles. The molecule has 0 spiro atoms. The molecule has 2 atom stereocenters. The molecular formula is C54H108N2O6. The van der Waals surface area contributed by atoms with Crippen molar-refractivity contribution in [2.24, 2.45) is 11.8 Å². The number of rotatable bonds is 51. The van der Waals surface area contributed by atoms with E-state index in [1.54, 1.807) is 0 Å². The molecule has 0 aromatic heterocycles. The van der Waals surface area contributed by atoms with Gasteiger partial charge in [0.15, 0.2) is 0 Å². The second-order valence-corrected chi connectivity index (χ2v) is 18.9. The van der Waals surface area contributed by atoms with E-state index in [1.807, 2.05) is 0 Å². The van der Waals surface area contributed by atoms with Crippen molar-refractivity contribution < 1.29 is 29.3 Å². The van der Waals surface area contributed by atoms with Crippen LogP contribution in [0.3, 0.4) is 0 Å². The Morgan fingerprint density at radius 1 is 0.339 bits per heavy atom. The molecule has 0 fully saturated rings. The van der Waals surface area contributed by atoms with Gasteiger partial charge in [0.05, 0.1) is 38.3 Å². The van der Waals surface area contributed by atoms with Crippen LogP contribution in [0.25, 0.3) is 0 Å². The van der Waals surface area contributed by atoms with Crippen LogP contribution in [0.1, 0.15) is 259 Å². The molecule has 0 bridgehead atoms. The third-order valence-corrected chi connectivity index (χ3v) is 13.0. The van der Waals surface area contributed by atoms with Crippen LogP contribution in [0, 0.1) is 11.8 Å². The van der Waals surface area contributed by atoms with Crippen LogP contribution in [0.5, 0.6) is 0 Å². The van der Waals surface area contributed by atoms with E-state index in [9.17, 15) is 19.8 Å². The molecule has 0 aliphatic heterocycles. The molecule has 0 aliphatic carbocycles. The molecule has 0 heterocycles. The average Bonchev–Trinajstić information content (AvgIpc) is 3.27. The minimum Gasteiger partial charge on any atom is -0.465 e. The second-order valence-electron chi connectivity index (χ2n) is 18.9. The summed E-state index contributed by atoms with van der Waals surface area (Å²) in [4.78, 5) is 30.7. The maximum atomic E-state index is 13.0. The summed E-state index contributed by atoms with van der Waals surface area (Å²) in [6.45, 7) is 16.0. The topological polar surface area (TPSA) is 99.5 Å². The van der Waals surface area contributed by atoms with Crippen LogP contribution in [0.2, 0.25) is 0 Å². The van der Waals surface area contributed by atoms with Crippen LogP contribution in [0.4, 0.5) is 0 Å². The molecule has 62 heavy (non-hydrogen) atoms. The zero-order valence-corrected chi connectivity index (χ0v) is 42.1. The Morgan fingerprint density at radius 2 is 0.581 bits per heavy atom. The molecular weight excluding hydrogens is 773 g/mol. The Hall–Kier alpha value is -1.22. The number of carbonyl (C=O) groups is 2. The molecule has 0 radical (unpaired) electrons.